The standard InChI is InChI=1S/C3H7ClO2/c4-3(6)1-2-5/h3,5-6H,1-2H2. The highest BCUT2D eigenvalue weighted by Gasteiger charge is 1.91. The molecule has 3 heteroatoms. The highest BCUT2D eigenvalue weighted by Crippen LogP contribution is 1.92. The van der Waals surface area contributed by atoms with Crippen molar-refractivity contribution in [2.24, 2.45) is 0 Å². The molecule has 2 nitrogen and oxygen atoms in total. The average molecular weight is 111 g/mol. The number of hydrogen-bond acceptors (Lipinski definition) is 2. The van der Waals surface area contributed by atoms with E-state index in [4.69, 9.17) is 21.8 Å². The molecule has 0 aromatic carbocycles. The van der Waals surface area contributed by atoms with E-state index in [9.17, 15) is 0 Å². The fourth-order valence-electron chi connectivity index (χ4n) is 0.107. The molecule has 0 radical (unpaired) electrons. The SMILES string of the molecule is OCCC(O)Cl. The molecule has 0 aromatic heterocycles. The Morgan fingerprint density at radius 2 is 2.17 bits per heavy atom. The van der Waals surface area contributed by atoms with Crippen LogP contribution in [-0.4, -0.2) is 22.4 Å². The number of aliphatic hydroxyl groups is 2. The first kappa shape index (κ1) is 6.21. The topological polar surface area (TPSA) is 40.5 Å². The third-order valence-electron chi connectivity index (χ3n) is 0.367. The molecule has 1 atom stereocenters. The molecule has 0 rings (SSSR count). The molecular formula is C3H7ClO2. The number of rotatable bonds is 2. The normalized spacial score (nSPS) is 14.5. The van der Waals surface area contributed by atoms with Gasteiger partial charge in [-0.1, -0.05) is 11.6 Å². The maximum Gasteiger partial charge on any atom is 0.130 e. The van der Waals surface area contributed by atoms with E-state index in [0.717, 1.165) is 0 Å². The molecule has 0 saturated carbocycles. The van der Waals surface area contributed by atoms with Crippen LogP contribution in [0.4, 0.5) is 0 Å². The highest BCUT2D eigenvalue weighted by atomic mass is 35.5. The van der Waals surface area contributed by atoms with Crippen LogP contribution >= 0.6 is 11.6 Å². The third kappa shape index (κ3) is 4.21. The van der Waals surface area contributed by atoms with Crippen molar-refractivity contribution in [3.05, 3.63) is 0 Å². The maximum absolute atomic E-state index is 8.16. The summed E-state index contributed by atoms with van der Waals surface area (Å²) < 4.78 is 0. The molecule has 0 saturated heterocycles. The summed E-state index contributed by atoms with van der Waals surface area (Å²) in [6, 6.07) is 0. The van der Waals surface area contributed by atoms with E-state index in [1.807, 2.05) is 0 Å². The van der Waals surface area contributed by atoms with Crippen molar-refractivity contribution in [1.29, 1.82) is 0 Å². The fourth-order valence-corrected chi connectivity index (χ4v) is 0.204. The van der Waals surface area contributed by atoms with Crippen molar-refractivity contribution in [2.75, 3.05) is 6.61 Å². The van der Waals surface area contributed by atoms with E-state index in [-0.39, 0.29) is 13.0 Å². The second-order valence-electron chi connectivity index (χ2n) is 0.947. The van der Waals surface area contributed by atoms with Gasteiger partial charge in [0.1, 0.15) is 5.56 Å². The third-order valence-corrected chi connectivity index (χ3v) is 0.586. The zero-order valence-corrected chi connectivity index (χ0v) is 4.02. The largest absolute Gasteiger partial charge is 0.396 e. The van der Waals surface area contributed by atoms with Crippen LogP contribution in [-0.2, 0) is 0 Å². The van der Waals surface area contributed by atoms with Crippen LogP contribution in [0.1, 0.15) is 6.42 Å². The number of alkyl halides is 1. The summed E-state index contributed by atoms with van der Waals surface area (Å²) in [7, 11) is 0. The minimum Gasteiger partial charge on any atom is -0.396 e. The van der Waals surface area contributed by atoms with Crippen LogP contribution < -0.4 is 0 Å². The minimum absolute atomic E-state index is 0.0509. The van der Waals surface area contributed by atoms with Crippen LogP contribution in [0.2, 0.25) is 0 Å². The Morgan fingerprint density at radius 3 is 2.17 bits per heavy atom. The monoisotopic (exact) mass is 110 g/mol. The summed E-state index contributed by atoms with van der Waals surface area (Å²) in [4.78, 5) is 0. The summed E-state index contributed by atoms with van der Waals surface area (Å²) in [5.41, 5.74) is -0.880. The Kier molecular flexibility index (Phi) is 3.52. The van der Waals surface area contributed by atoms with E-state index < -0.39 is 5.56 Å². The highest BCUT2D eigenvalue weighted by molar-refractivity contribution is 6.19. The van der Waals surface area contributed by atoms with Crippen LogP contribution in [0.25, 0.3) is 0 Å². The van der Waals surface area contributed by atoms with Crippen LogP contribution in [0.3, 0.4) is 0 Å². The van der Waals surface area contributed by atoms with Gasteiger partial charge in [0, 0.05) is 13.0 Å². The summed E-state index contributed by atoms with van der Waals surface area (Å²) in [6.07, 6.45) is 0.252. The first-order valence-corrected chi connectivity index (χ1v) is 2.14. The Labute approximate surface area is 41.4 Å². The summed E-state index contributed by atoms with van der Waals surface area (Å²) in [5, 5.41) is 16.2. The zero-order valence-electron chi connectivity index (χ0n) is 3.26. The molecule has 0 spiro atoms. The molecule has 0 aliphatic rings. The van der Waals surface area contributed by atoms with Crippen molar-refractivity contribution in [2.45, 2.75) is 12.0 Å². The Hall–Kier alpha value is 0.210. The second-order valence-corrected chi connectivity index (χ2v) is 1.45. The van der Waals surface area contributed by atoms with E-state index >= 15 is 0 Å². The van der Waals surface area contributed by atoms with Gasteiger partial charge in [0.2, 0.25) is 0 Å². The van der Waals surface area contributed by atoms with Gasteiger partial charge < -0.3 is 10.2 Å². The van der Waals surface area contributed by atoms with Crippen molar-refractivity contribution < 1.29 is 10.2 Å². The van der Waals surface area contributed by atoms with Crippen LogP contribution in [0, 0.1) is 0 Å². The Balaban J connectivity index is 2.63. The lowest BCUT2D eigenvalue weighted by atomic mass is 10.5. The van der Waals surface area contributed by atoms with Crippen LogP contribution in [0.5, 0.6) is 0 Å². The summed E-state index contributed by atoms with van der Waals surface area (Å²) in [6.45, 7) is -0.0509. The fraction of sp³-hybridized carbons (Fsp3) is 1.00. The minimum atomic E-state index is -0.880. The predicted octanol–water partition coefficient (Wildman–Crippen LogP) is -0.0740. The molecule has 2 N–H and O–H groups in total. The quantitative estimate of drug-likeness (QED) is 0.489. The molecule has 1 unspecified atom stereocenters. The summed E-state index contributed by atoms with van der Waals surface area (Å²) >= 11 is 4.97. The molecule has 0 bridgehead atoms. The number of halogens is 1. The van der Waals surface area contributed by atoms with Gasteiger partial charge in [0.15, 0.2) is 0 Å². The van der Waals surface area contributed by atoms with E-state index in [1.54, 1.807) is 0 Å². The van der Waals surface area contributed by atoms with E-state index in [1.165, 1.54) is 0 Å². The molecule has 0 heterocycles. The van der Waals surface area contributed by atoms with Gasteiger partial charge >= 0.3 is 0 Å². The lowest BCUT2D eigenvalue weighted by Crippen LogP contribution is -1.97. The smallest absolute Gasteiger partial charge is 0.130 e. The van der Waals surface area contributed by atoms with Gasteiger partial charge in [0.05, 0.1) is 0 Å². The lowest BCUT2D eigenvalue weighted by Gasteiger charge is -1.92. The number of aliphatic hydroxyl groups excluding tert-OH is 2. The first-order chi connectivity index (χ1) is 2.77. The van der Waals surface area contributed by atoms with Gasteiger partial charge in [-0.2, -0.15) is 0 Å². The molecular weight excluding hydrogens is 103 g/mol. The molecule has 0 amide bonds. The Bertz CT molecular complexity index is 30.0. The average Bonchev–Trinajstić information content (AvgIpc) is 1.35. The van der Waals surface area contributed by atoms with Crippen molar-refractivity contribution in [1.82, 2.24) is 0 Å². The molecule has 0 fully saturated rings. The zero-order chi connectivity index (χ0) is 4.99. The molecule has 38 valence electrons. The van der Waals surface area contributed by atoms with Gasteiger partial charge in [-0.15, -0.1) is 0 Å². The summed E-state index contributed by atoms with van der Waals surface area (Å²) in [5.74, 6) is 0. The van der Waals surface area contributed by atoms with Crippen LogP contribution in [0.15, 0.2) is 0 Å². The molecule has 0 aliphatic heterocycles. The van der Waals surface area contributed by atoms with E-state index in [2.05, 4.69) is 0 Å². The molecule has 0 aliphatic carbocycles. The van der Waals surface area contributed by atoms with Gasteiger partial charge in [0.25, 0.3) is 0 Å². The first-order valence-electron chi connectivity index (χ1n) is 1.70. The Morgan fingerprint density at radius 1 is 1.67 bits per heavy atom. The second kappa shape index (κ2) is 3.40. The number of hydrogen-bond donors (Lipinski definition) is 2. The molecule has 6 heavy (non-hydrogen) atoms. The maximum atomic E-state index is 8.16. The lowest BCUT2D eigenvalue weighted by molar-refractivity contribution is 0.194. The van der Waals surface area contributed by atoms with E-state index in [0.29, 0.717) is 0 Å². The van der Waals surface area contributed by atoms with Gasteiger partial charge in [-0.25, -0.2) is 0 Å². The van der Waals surface area contributed by atoms with Gasteiger partial charge in [-0.05, 0) is 0 Å². The van der Waals surface area contributed by atoms with Gasteiger partial charge in [-0.3, -0.25) is 0 Å². The predicted molar refractivity (Wildman–Crippen MR) is 23.6 cm³/mol. The molecule has 0 aromatic rings. The van der Waals surface area contributed by atoms with Crippen molar-refractivity contribution >= 4 is 11.6 Å². The van der Waals surface area contributed by atoms with Crippen molar-refractivity contribution in [3.8, 4) is 0 Å². The van der Waals surface area contributed by atoms with Crippen molar-refractivity contribution in [3.63, 3.8) is 0 Å².